The van der Waals surface area contributed by atoms with Crippen LogP contribution in [0.15, 0.2) is 24.3 Å². The molecule has 3 fully saturated rings. The summed E-state index contributed by atoms with van der Waals surface area (Å²) in [6.45, 7) is 2.28. The third-order valence-electron chi connectivity index (χ3n) is 6.14. The highest BCUT2D eigenvalue weighted by Gasteiger charge is 2.45. The van der Waals surface area contributed by atoms with E-state index >= 15 is 0 Å². The minimum atomic E-state index is 0.0164. The van der Waals surface area contributed by atoms with E-state index in [-0.39, 0.29) is 5.91 Å². The number of carbonyl (C=O) groups is 2. The van der Waals surface area contributed by atoms with Gasteiger partial charge in [0.05, 0.1) is 5.52 Å². The van der Waals surface area contributed by atoms with Crippen LogP contribution in [-0.2, 0) is 4.79 Å². The van der Waals surface area contributed by atoms with Crippen LogP contribution in [0.5, 0.6) is 0 Å². The second-order valence-corrected chi connectivity index (χ2v) is 7.70. The smallest absolute Gasteiger partial charge is 0.275 e. The second-order valence-electron chi connectivity index (χ2n) is 7.70. The minimum absolute atomic E-state index is 0.0164. The number of aromatic nitrogens is 2. The number of H-pyrrole nitrogens is 1. The van der Waals surface area contributed by atoms with E-state index in [9.17, 15) is 9.59 Å². The Kier molecular flexibility index (Phi) is 3.33. The number of likely N-dealkylation sites (tertiary alicyclic amines) is 1. The molecule has 0 aliphatic carbocycles. The summed E-state index contributed by atoms with van der Waals surface area (Å²) in [6, 6.07) is 8.08. The molecule has 1 unspecified atom stereocenters. The van der Waals surface area contributed by atoms with Gasteiger partial charge in [0.25, 0.3) is 5.91 Å². The molecule has 2 amide bonds. The van der Waals surface area contributed by atoms with E-state index in [2.05, 4.69) is 15.1 Å². The Morgan fingerprint density at radius 2 is 2.08 bits per heavy atom. The van der Waals surface area contributed by atoms with Crippen LogP contribution in [0.4, 0.5) is 0 Å². The summed E-state index contributed by atoms with van der Waals surface area (Å²) >= 11 is 0. The van der Waals surface area contributed by atoms with Gasteiger partial charge in [-0.1, -0.05) is 18.2 Å². The number of nitrogens with one attached hydrogen (secondary N) is 1. The van der Waals surface area contributed by atoms with E-state index in [4.69, 9.17) is 0 Å². The summed E-state index contributed by atoms with van der Waals surface area (Å²) in [5.41, 5.74) is 1.42. The predicted molar refractivity (Wildman–Crippen MR) is 92.9 cm³/mol. The number of benzene rings is 1. The number of rotatable bonds is 1. The predicted octanol–water partition coefficient (Wildman–Crippen LogP) is 2.04. The van der Waals surface area contributed by atoms with Gasteiger partial charge >= 0.3 is 0 Å². The standard InChI is InChI=1S/C19H22N4O2/c24-17-7-3-6-16-13-8-12(10-23(16)17)9-22(11-13)19(25)18-14-4-1-2-5-15(14)20-21-18/h1-2,4-5,12-13,16H,3,6-11H2,(H,20,21)/t12-,13-,16?/m0/s1. The van der Waals surface area contributed by atoms with Crippen molar-refractivity contribution >= 4 is 22.7 Å². The van der Waals surface area contributed by atoms with Gasteiger partial charge in [-0.3, -0.25) is 14.7 Å². The lowest BCUT2D eigenvalue weighted by atomic mass is 9.76. The van der Waals surface area contributed by atoms with Crippen molar-refractivity contribution in [2.45, 2.75) is 31.7 Å². The van der Waals surface area contributed by atoms with Gasteiger partial charge in [0.1, 0.15) is 0 Å². The molecule has 0 radical (unpaired) electrons. The Morgan fingerprint density at radius 3 is 3.00 bits per heavy atom. The van der Waals surface area contributed by atoms with Gasteiger partial charge in [0.15, 0.2) is 5.69 Å². The first kappa shape index (κ1) is 14.9. The van der Waals surface area contributed by atoms with Crippen molar-refractivity contribution in [3.8, 4) is 0 Å². The number of hydrogen-bond acceptors (Lipinski definition) is 3. The molecular formula is C19H22N4O2. The number of carbonyl (C=O) groups excluding carboxylic acids is 2. The molecule has 3 aliphatic heterocycles. The van der Waals surface area contributed by atoms with Gasteiger partial charge in [-0.05, 0) is 37.2 Å². The molecule has 6 nitrogen and oxygen atoms in total. The maximum Gasteiger partial charge on any atom is 0.275 e. The highest BCUT2D eigenvalue weighted by Crippen LogP contribution is 2.38. The molecule has 2 bridgehead atoms. The van der Waals surface area contributed by atoms with Crippen LogP contribution < -0.4 is 0 Å². The fraction of sp³-hybridized carbons (Fsp3) is 0.526. The molecule has 1 N–H and O–H groups in total. The van der Waals surface area contributed by atoms with Crippen LogP contribution in [0.3, 0.4) is 0 Å². The first-order valence-corrected chi connectivity index (χ1v) is 9.22. The highest BCUT2D eigenvalue weighted by molar-refractivity contribution is 6.04. The maximum atomic E-state index is 13.1. The van der Waals surface area contributed by atoms with Crippen molar-refractivity contribution in [3.05, 3.63) is 30.0 Å². The Labute approximate surface area is 146 Å². The van der Waals surface area contributed by atoms with Gasteiger partial charge < -0.3 is 9.80 Å². The number of hydrogen-bond donors (Lipinski definition) is 1. The zero-order valence-corrected chi connectivity index (χ0v) is 14.1. The number of piperidine rings is 3. The second kappa shape index (κ2) is 5.58. The molecule has 6 heteroatoms. The van der Waals surface area contributed by atoms with E-state index in [1.165, 1.54) is 0 Å². The first-order valence-electron chi connectivity index (χ1n) is 9.22. The van der Waals surface area contributed by atoms with Crippen molar-refractivity contribution in [1.29, 1.82) is 0 Å². The number of aromatic amines is 1. The number of para-hydroxylation sites is 1. The molecule has 5 rings (SSSR count). The third kappa shape index (κ3) is 2.34. The SMILES string of the molecule is O=C(c1n[nH]c2ccccc12)N1C[C@@H]2C[C@@H](C1)C1CCCC(=O)N1C2. The summed E-state index contributed by atoms with van der Waals surface area (Å²) in [6.07, 6.45) is 3.90. The lowest BCUT2D eigenvalue weighted by Crippen LogP contribution is -2.61. The van der Waals surface area contributed by atoms with Crippen molar-refractivity contribution in [2.24, 2.45) is 11.8 Å². The van der Waals surface area contributed by atoms with Crippen LogP contribution in [0.1, 0.15) is 36.2 Å². The fourth-order valence-electron chi connectivity index (χ4n) is 5.05. The lowest BCUT2D eigenvalue weighted by molar-refractivity contribution is -0.144. The average Bonchev–Trinajstić information content (AvgIpc) is 3.06. The Morgan fingerprint density at radius 1 is 1.20 bits per heavy atom. The molecule has 2 aromatic rings. The number of nitrogens with zero attached hydrogens (tertiary/aromatic N) is 3. The molecule has 0 saturated carbocycles. The monoisotopic (exact) mass is 338 g/mol. The minimum Gasteiger partial charge on any atom is -0.339 e. The summed E-state index contributed by atoms with van der Waals surface area (Å²) in [4.78, 5) is 29.4. The van der Waals surface area contributed by atoms with E-state index in [0.717, 1.165) is 49.8 Å². The van der Waals surface area contributed by atoms with Crippen LogP contribution in [0.25, 0.3) is 10.9 Å². The van der Waals surface area contributed by atoms with E-state index in [1.54, 1.807) is 0 Å². The van der Waals surface area contributed by atoms with Gasteiger partial charge in [0, 0.05) is 37.5 Å². The average molecular weight is 338 g/mol. The Bertz CT molecular complexity index is 845. The topological polar surface area (TPSA) is 69.3 Å². The van der Waals surface area contributed by atoms with Crippen molar-refractivity contribution in [1.82, 2.24) is 20.0 Å². The van der Waals surface area contributed by atoms with Gasteiger partial charge in [-0.25, -0.2) is 0 Å². The summed E-state index contributed by atoms with van der Waals surface area (Å²) in [5, 5.41) is 8.12. The quantitative estimate of drug-likeness (QED) is 0.865. The molecule has 3 atom stereocenters. The first-order chi connectivity index (χ1) is 12.2. The highest BCUT2D eigenvalue weighted by atomic mass is 16.2. The zero-order valence-electron chi connectivity index (χ0n) is 14.1. The molecule has 25 heavy (non-hydrogen) atoms. The molecule has 1 aromatic carbocycles. The lowest BCUT2D eigenvalue weighted by Gasteiger charge is -2.52. The summed E-state index contributed by atoms with van der Waals surface area (Å²) in [5.74, 6) is 1.13. The third-order valence-corrected chi connectivity index (χ3v) is 6.14. The Hall–Kier alpha value is -2.37. The van der Waals surface area contributed by atoms with Crippen LogP contribution >= 0.6 is 0 Å². The maximum absolute atomic E-state index is 13.1. The molecular weight excluding hydrogens is 316 g/mol. The molecule has 130 valence electrons. The molecule has 4 heterocycles. The molecule has 3 aliphatic rings. The van der Waals surface area contributed by atoms with E-state index < -0.39 is 0 Å². The van der Waals surface area contributed by atoms with Gasteiger partial charge in [-0.2, -0.15) is 5.10 Å². The molecule has 3 saturated heterocycles. The van der Waals surface area contributed by atoms with Crippen molar-refractivity contribution < 1.29 is 9.59 Å². The van der Waals surface area contributed by atoms with Gasteiger partial charge in [-0.15, -0.1) is 0 Å². The van der Waals surface area contributed by atoms with Crippen LogP contribution in [0.2, 0.25) is 0 Å². The van der Waals surface area contributed by atoms with E-state index in [0.29, 0.717) is 35.9 Å². The van der Waals surface area contributed by atoms with Gasteiger partial charge in [0.2, 0.25) is 5.91 Å². The Balaban J connectivity index is 1.41. The largest absolute Gasteiger partial charge is 0.339 e. The zero-order chi connectivity index (χ0) is 17.0. The van der Waals surface area contributed by atoms with Crippen molar-refractivity contribution in [2.75, 3.05) is 19.6 Å². The number of fused-ring (bicyclic) bond motifs is 5. The van der Waals surface area contributed by atoms with Crippen molar-refractivity contribution in [3.63, 3.8) is 0 Å². The van der Waals surface area contributed by atoms with Crippen LogP contribution in [0, 0.1) is 11.8 Å². The summed E-state index contributed by atoms with van der Waals surface area (Å²) < 4.78 is 0. The van der Waals surface area contributed by atoms with Crippen LogP contribution in [-0.4, -0.2) is 57.5 Å². The number of amides is 2. The van der Waals surface area contributed by atoms with E-state index in [1.807, 2.05) is 29.2 Å². The fourth-order valence-corrected chi connectivity index (χ4v) is 5.05. The normalized spacial score (nSPS) is 29.0. The summed E-state index contributed by atoms with van der Waals surface area (Å²) in [7, 11) is 0. The molecule has 0 spiro atoms. The molecule has 1 aromatic heterocycles.